The van der Waals surface area contributed by atoms with Gasteiger partial charge in [0.15, 0.2) is 12.2 Å². The van der Waals surface area contributed by atoms with Gasteiger partial charge >= 0.3 is 0 Å². The summed E-state index contributed by atoms with van der Waals surface area (Å²) in [4.78, 5) is 20.3. The topological polar surface area (TPSA) is 116 Å². The molecule has 0 fully saturated rings. The Bertz CT molecular complexity index is 1030. The number of nitrogens with two attached hydrogens (primary N) is 1. The average Bonchev–Trinajstić information content (AvgIpc) is 3.27. The van der Waals surface area contributed by atoms with Crippen molar-refractivity contribution in [1.82, 2.24) is 9.97 Å². The molecule has 8 nitrogen and oxygen atoms in total. The molecule has 142 valence electrons. The molecule has 0 aliphatic heterocycles. The number of anilines is 1. The minimum atomic E-state index is -0.494. The number of oxazole rings is 1. The molecule has 9 heteroatoms. The number of aromatic nitrogens is 2. The van der Waals surface area contributed by atoms with Crippen LogP contribution in [0.2, 0.25) is 0 Å². The van der Waals surface area contributed by atoms with E-state index in [2.05, 4.69) is 20.4 Å². The molecule has 0 saturated carbocycles. The number of hydrazone groups is 1. The molecule has 3 aromatic rings. The number of benzene rings is 1. The second-order valence-corrected chi connectivity index (χ2v) is 6.12. The van der Waals surface area contributed by atoms with Crippen LogP contribution in [-0.4, -0.2) is 33.6 Å². The highest BCUT2D eigenvalue weighted by atomic mass is 32.1. The van der Waals surface area contributed by atoms with Crippen molar-refractivity contribution >= 4 is 34.5 Å². The number of nitrogens with one attached hydrogen (secondary N) is 1. The zero-order valence-corrected chi connectivity index (χ0v) is 16.0. The number of hydrogen-bond donors (Lipinski definition) is 2. The lowest BCUT2D eigenvalue weighted by Crippen LogP contribution is -2.27. The Labute approximate surface area is 166 Å². The Morgan fingerprint density at radius 3 is 2.64 bits per heavy atom. The van der Waals surface area contributed by atoms with Crippen LogP contribution in [-0.2, 0) is 4.79 Å². The van der Waals surface area contributed by atoms with Gasteiger partial charge in [0.05, 0.1) is 19.0 Å². The van der Waals surface area contributed by atoms with Crippen LogP contribution in [0.4, 0.5) is 5.82 Å². The summed E-state index contributed by atoms with van der Waals surface area (Å²) < 4.78 is 10.8. The maximum Gasteiger partial charge on any atom is 0.269 e. The minimum Gasteiger partial charge on any atom is -0.496 e. The number of carbonyl (C=O) groups is 1. The molecule has 1 aromatic carbocycles. The molecule has 0 saturated heterocycles. The van der Waals surface area contributed by atoms with E-state index in [1.54, 1.807) is 32.5 Å². The lowest BCUT2D eigenvalue weighted by Gasteiger charge is -2.11. The molecule has 1 amide bonds. The van der Waals surface area contributed by atoms with Crippen LogP contribution >= 0.6 is 12.2 Å². The van der Waals surface area contributed by atoms with Gasteiger partial charge in [-0.05, 0) is 37.3 Å². The van der Waals surface area contributed by atoms with Crippen molar-refractivity contribution in [1.29, 1.82) is 0 Å². The first-order valence-electron chi connectivity index (χ1n) is 8.17. The molecule has 0 radical (unpaired) electrons. The summed E-state index contributed by atoms with van der Waals surface area (Å²) in [5, 5.41) is 6.04. The van der Waals surface area contributed by atoms with Gasteiger partial charge in [-0.3, -0.25) is 4.79 Å². The lowest BCUT2D eigenvalue weighted by atomic mass is 10.0. The minimum absolute atomic E-state index is 0.00908. The van der Waals surface area contributed by atoms with Gasteiger partial charge in [0.1, 0.15) is 16.4 Å². The van der Waals surface area contributed by atoms with Gasteiger partial charge in [-0.25, -0.2) is 9.97 Å². The number of pyridine rings is 1. The Morgan fingerprint density at radius 2 is 2.04 bits per heavy atom. The summed E-state index contributed by atoms with van der Waals surface area (Å²) in [6.45, 7) is 1.56. The van der Waals surface area contributed by atoms with Crippen LogP contribution in [0.15, 0.2) is 58.6 Å². The first-order chi connectivity index (χ1) is 13.5. The van der Waals surface area contributed by atoms with Gasteiger partial charge in [0.2, 0.25) is 0 Å². The monoisotopic (exact) mass is 395 g/mol. The molecule has 0 bridgehead atoms. The first-order valence-corrected chi connectivity index (χ1v) is 8.57. The fourth-order valence-corrected chi connectivity index (χ4v) is 2.57. The number of hydrogen-bond acceptors (Lipinski definition) is 8. The standard InChI is InChI=1S/C19H17N5O3S/c1-11(24-20)18(28)19(25)23-17-6-4-13(8-22-17)14-7-12(3-5-15(14)26-2)16-9-21-10-27-16/h3-10H,20H2,1-2H3,(H,22,23,25). The highest BCUT2D eigenvalue weighted by Gasteiger charge is 2.14. The predicted octanol–water partition coefficient (Wildman–Crippen LogP) is 3.06. The normalized spacial score (nSPS) is 11.1. The van der Waals surface area contributed by atoms with Crippen molar-refractivity contribution in [2.24, 2.45) is 10.9 Å². The first kappa shape index (κ1) is 19.2. The van der Waals surface area contributed by atoms with Gasteiger partial charge in [-0.1, -0.05) is 12.2 Å². The molecular weight excluding hydrogens is 378 g/mol. The molecule has 2 aromatic heterocycles. The third kappa shape index (κ3) is 4.04. The summed E-state index contributed by atoms with van der Waals surface area (Å²) in [6, 6.07) is 9.14. The van der Waals surface area contributed by atoms with Crippen LogP contribution in [0.5, 0.6) is 5.75 Å². The quantitative estimate of drug-likeness (QED) is 0.285. The van der Waals surface area contributed by atoms with E-state index in [9.17, 15) is 4.79 Å². The number of nitrogens with zero attached hydrogens (tertiary/aromatic N) is 3. The van der Waals surface area contributed by atoms with Gasteiger partial charge in [-0.15, -0.1) is 0 Å². The highest BCUT2D eigenvalue weighted by Crippen LogP contribution is 2.34. The Kier molecular flexibility index (Phi) is 5.75. The van der Waals surface area contributed by atoms with Gasteiger partial charge < -0.3 is 20.3 Å². The molecule has 28 heavy (non-hydrogen) atoms. The van der Waals surface area contributed by atoms with Crippen molar-refractivity contribution in [2.45, 2.75) is 6.92 Å². The van der Waals surface area contributed by atoms with Crippen molar-refractivity contribution in [3.8, 4) is 28.2 Å². The van der Waals surface area contributed by atoms with Crippen molar-refractivity contribution in [2.75, 3.05) is 12.4 Å². The number of thiocarbonyl (C=S) groups is 1. The smallest absolute Gasteiger partial charge is 0.269 e. The molecule has 0 aliphatic carbocycles. The van der Waals surface area contributed by atoms with Crippen LogP contribution in [0.3, 0.4) is 0 Å². The molecule has 0 unspecified atom stereocenters. The zero-order chi connectivity index (χ0) is 20.1. The molecule has 3 N–H and O–H groups in total. The number of rotatable bonds is 6. The second-order valence-electron chi connectivity index (χ2n) is 5.71. The fourth-order valence-electron chi connectivity index (χ4n) is 2.47. The Balaban J connectivity index is 1.86. The van der Waals surface area contributed by atoms with E-state index < -0.39 is 5.91 Å². The summed E-state index contributed by atoms with van der Waals surface area (Å²) in [5.41, 5.74) is 2.76. The number of ether oxygens (including phenoxy) is 1. The number of amides is 1. The van der Waals surface area contributed by atoms with Crippen LogP contribution in [0.1, 0.15) is 6.92 Å². The van der Waals surface area contributed by atoms with E-state index in [0.717, 1.165) is 16.7 Å². The van der Waals surface area contributed by atoms with Crippen molar-refractivity contribution < 1.29 is 13.9 Å². The Morgan fingerprint density at radius 1 is 1.25 bits per heavy atom. The second kappa shape index (κ2) is 8.40. The zero-order valence-electron chi connectivity index (χ0n) is 15.2. The number of carbonyl (C=O) groups excluding carboxylic acids is 1. The van der Waals surface area contributed by atoms with Crippen LogP contribution < -0.4 is 15.9 Å². The predicted molar refractivity (Wildman–Crippen MR) is 110 cm³/mol. The molecule has 0 spiro atoms. The Hall–Kier alpha value is -3.59. The fraction of sp³-hybridized carbons (Fsp3) is 0.105. The third-order valence-electron chi connectivity index (χ3n) is 3.96. The molecule has 2 heterocycles. The molecule has 3 rings (SSSR count). The maximum absolute atomic E-state index is 12.1. The van der Waals surface area contributed by atoms with Crippen LogP contribution in [0, 0.1) is 0 Å². The molecular formula is C19H17N5O3S. The summed E-state index contributed by atoms with van der Waals surface area (Å²) in [6.07, 6.45) is 4.64. The summed E-state index contributed by atoms with van der Waals surface area (Å²) in [7, 11) is 1.59. The number of methoxy groups -OCH3 is 1. The van der Waals surface area contributed by atoms with E-state index in [1.165, 1.54) is 6.39 Å². The third-order valence-corrected chi connectivity index (χ3v) is 4.44. The van der Waals surface area contributed by atoms with Gasteiger partial charge in [-0.2, -0.15) is 5.10 Å². The van der Waals surface area contributed by atoms with E-state index in [0.29, 0.717) is 17.3 Å². The van der Waals surface area contributed by atoms with E-state index >= 15 is 0 Å². The lowest BCUT2D eigenvalue weighted by molar-refractivity contribution is -0.110. The highest BCUT2D eigenvalue weighted by molar-refractivity contribution is 7.84. The van der Waals surface area contributed by atoms with E-state index in [-0.39, 0.29) is 10.6 Å². The average molecular weight is 395 g/mol. The van der Waals surface area contributed by atoms with E-state index in [4.69, 9.17) is 27.2 Å². The van der Waals surface area contributed by atoms with Gasteiger partial charge in [0, 0.05) is 22.9 Å². The van der Waals surface area contributed by atoms with Crippen LogP contribution in [0.25, 0.3) is 22.5 Å². The maximum atomic E-state index is 12.1. The van der Waals surface area contributed by atoms with Gasteiger partial charge in [0.25, 0.3) is 5.91 Å². The largest absolute Gasteiger partial charge is 0.496 e. The van der Waals surface area contributed by atoms with Crippen molar-refractivity contribution in [3.05, 3.63) is 49.1 Å². The van der Waals surface area contributed by atoms with E-state index in [1.807, 2.05) is 24.3 Å². The molecule has 0 atom stereocenters. The SMILES string of the molecule is COc1ccc(-c2cnco2)cc1-c1ccc(NC(=O)C(=S)C(C)=NN)nc1. The molecule has 0 aliphatic rings. The van der Waals surface area contributed by atoms with Crippen molar-refractivity contribution in [3.63, 3.8) is 0 Å². The summed E-state index contributed by atoms with van der Waals surface area (Å²) in [5.74, 6) is 6.33. The summed E-state index contributed by atoms with van der Waals surface area (Å²) >= 11 is 5.01.